The number of nitrogens with one attached hydrogen (secondary N) is 1. The largest absolute Gasteiger partial charge is 0.484 e. The second-order valence-corrected chi connectivity index (χ2v) is 9.28. The van der Waals surface area contributed by atoms with Gasteiger partial charge in [-0.05, 0) is 67.3 Å². The Bertz CT molecular complexity index is 1080. The summed E-state index contributed by atoms with van der Waals surface area (Å²) < 4.78 is 6.83. The normalized spacial score (nSPS) is 11.5. The van der Waals surface area contributed by atoms with Crippen molar-refractivity contribution in [3.05, 3.63) is 99.5 Å². The Morgan fingerprint density at radius 2 is 1.59 bits per heavy atom. The van der Waals surface area contributed by atoms with Gasteiger partial charge in [0.15, 0.2) is 6.61 Å². The molecule has 0 aliphatic heterocycles. The molecule has 3 rings (SSSR count). The molecule has 0 unspecified atom stereocenters. The lowest BCUT2D eigenvalue weighted by atomic mass is 10.0. The summed E-state index contributed by atoms with van der Waals surface area (Å²) in [5.74, 6) is 0.226. The number of halogens is 1. The van der Waals surface area contributed by atoms with Crippen molar-refractivity contribution in [3.8, 4) is 5.75 Å². The molecule has 0 saturated carbocycles. The van der Waals surface area contributed by atoms with Crippen LogP contribution in [0.3, 0.4) is 0 Å². The van der Waals surface area contributed by atoms with Crippen molar-refractivity contribution >= 4 is 27.7 Å². The van der Waals surface area contributed by atoms with Gasteiger partial charge < -0.3 is 15.0 Å². The fourth-order valence-corrected chi connectivity index (χ4v) is 4.14. The van der Waals surface area contributed by atoms with Crippen molar-refractivity contribution in [2.24, 2.45) is 0 Å². The van der Waals surface area contributed by atoms with E-state index in [9.17, 15) is 9.59 Å². The van der Waals surface area contributed by atoms with E-state index in [1.165, 1.54) is 0 Å². The fraction of sp³-hybridized carbons (Fsp3) is 0.286. The van der Waals surface area contributed by atoms with Gasteiger partial charge in [-0.15, -0.1) is 0 Å². The zero-order chi connectivity index (χ0) is 24.5. The van der Waals surface area contributed by atoms with Crippen LogP contribution in [0.1, 0.15) is 29.2 Å². The zero-order valence-electron chi connectivity index (χ0n) is 19.9. The van der Waals surface area contributed by atoms with Gasteiger partial charge >= 0.3 is 0 Å². The molecule has 5 nitrogen and oxygen atoms in total. The fourth-order valence-electron chi connectivity index (χ4n) is 3.88. The van der Waals surface area contributed by atoms with Crippen LogP contribution in [0.2, 0.25) is 0 Å². The monoisotopic (exact) mass is 522 g/mol. The number of rotatable bonds is 10. The number of likely N-dealkylation sites (N-methyl/N-ethyl adjacent to an activating group) is 1. The Morgan fingerprint density at radius 1 is 0.941 bits per heavy atom. The first-order valence-electron chi connectivity index (χ1n) is 11.4. The first-order valence-corrected chi connectivity index (χ1v) is 12.2. The lowest BCUT2D eigenvalue weighted by Gasteiger charge is -2.31. The van der Waals surface area contributed by atoms with Crippen molar-refractivity contribution in [3.63, 3.8) is 0 Å². The maximum absolute atomic E-state index is 13.5. The third-order valence-corrected chi connectivity index (χ3v) is 5.97. The van der Waals surface area contributed by atoms with E-state index < -0.39 is 6.04 Å². The summed E-state index contributed by atoms with van der Waals surface area (Å²) in [6, 6.07) is 22.7. The second-order valence-electron chi connectivity index (χ2n) is 8.36. The predicted molar refractivity (Wildman–Crippen MR) is 139 cm³/mol. The summed E-state index contributed by atoms with van der Waals surface area (Å²) in [6.45, 7) is 6.51. The maximum Gasteiger partial charge on any atom is 0.261 e. The number of ether oxygens (including phenoxy) is 1. The van der Waals surface area contributed by atoms with Crippen LogP contribution in [-0.2, 0) is 22.6 Å². The molecule has 0 aromatic heterocycles. The highest BCUT2D eigenvalue weighted by molar-refractivity contribution is 9.10. The van der Waals surface area contributed by atoms with Crippen molar-refractivity contribution in [1.82, 2.24) is 10.2 Å². The molecule has 3 aromatic carbocycles. The number of benzene rings is 3. The summed E-state index contributed by atoms with van der Waals surface area (Å²) in [4.78, 5) is 28.3. The number of amides is 2. The molecule has 0 bridgehead atoms. The minimum Gasteiger partial charge on any atom is -0.484 e. The lowest BCUT2D eigenvalue weighted by Crippen LogP contribution is -2.51. The minimum absolute atomic E-state index is 0.149. The molecule has 3 aromatic rings. The van der Waals surface area contributed by atoms with Gasteiger partial charge in [-0.25, -0.2) is 0 Å². The minimum atomic E-state index is -0.665. The first kappa shape index (κ1) is 25.5. The van der Waals surface area contributed by atoms with E-state index in [1.54, 1.807) is 4.90 Å². The Kier molecular flexibility index (Phi) is 9.28. The standard InChI is InChI=1S/C28H31BrN2O3/c1-4-30-28(33)26(17-22-8-6-5-7-9-22)31(18-23-10-12-24(29)13-11-23)27(32)19-34-25-15-20(2)14-21(3)16-25/h5-16,26H,4,17-19H2,1-3H3,(H,30,33)/t26-/m0/s1. The van der Waals surface area contributed by atoms with Gasteiger partial charge in [-0.3, -0.25) is 9.59 Å². The molecular formula is C28H31BrN2O3. The molecule has 0 radical (unpaired) electrons. The summed E-state index contributed by atoms with van der Waals surface area (Å²) in [6.07, 6.45) is 0.415. The van der Waals surface area contributed by atoms with Gasteiger partial charge in [0.25, 0.3) is 5.91 Å². The Labute approximate surface area is 210 Å². The van der Waals surface area contributed by atoms with Gasteiger partial charge in [-0.2, -0.15) is 0 Å². The van der Waals surface area contributed by atoms with Crippen molar-refractivity contribution in [2.75, 3.05) is 13.2 Å². The molecule has 1 N–H and O–H groups in total. The molecule has 0 heterocycles. The van der Waals surface area contributed by atoms with E-state index in [-0.39, 0.29) is 18.4 Å². The topological polar surface area (TPSA) is 58.6 Å². The molecule has 34 heavy (non-hydrogen) atoms. The van der Waals surface area contributed by atoms with Gasteiger partial charge in [0.05, 0.1) is 0 Å². The van der Waals surface area contributed by atoms with Crippen LogP contribution in [0.4, 0.5) is 0 Å². The van der Waals surface area contributed by atoms with Crippen LogP contribution in [0.15, 0.2) is 77.3 Å². The van der Waals surface area contributed by atoms with Crippen LogP contribution in [0.5, 0.6) is 5.75 Å². The maximum atomic E-state index is 13.5. The van der Waals surface area contributed by atoms with E-state index in [0.29, 0.717) is 25.3 Å². The van der Waals surface area contributed by atoms with Crippen LogP contribution in [-0.4, -0.2) is 35.9 Å². The van der Waals surface area contributed by atoms with E-state index in [0.717, 1.165) is 26.7 Å². The molecule has 0 spiro atoms. The molecule has 0 fully saturated rings. The van der Waals surface area contributed by atoms with Crippen LogP contribution in [0.25, 0.3) is 0 Å². The third-order valence-electron chi connectivity index (χ3n) is 5.45. The Balaban J connectivity index is 1.89. The third kappa shape index (κ3) is 7.45. The average Bonchev–Trinajstić information content (AvgIpc) is 2.81. The quantitative estimate of drug-likeness (QED) is 0.397. The predicted octanol–water partition coefficient (Wildman–Crippen LogP) is 5.22. The van der Waals surface area contributed by atoms with Crippen LogP contribution < -0.4 is 10.1 Å². The number of aryl methyl sites for hydroxylation is 2. The number of hydrogen-bond donors (Lipinski definition) is 1. The molecule has 2 amide bonds. The second kappa shape index (κ2) is 12.4. The van der Waals surface area contributed by atoms with E-state index in [2.05, 4.69) is 27.3 Å². The number of nitrogens with zero attached hydrogens (tertiary/aromatic N) is 1. The summed E-state index contributed by atoms with van der Waals surface area (Å²) in [5, 5.41) is 2.90. The van der Waals surface area contributed by atoms with E-state index >= 15 is 0 Å². The Morgan fingerprint density at radius 3 is 2.21 bits per heavy atom. The molecule has 0 saturated heterocycles. The summed E-state index contributed by atoms with van der Waals surface area (Å²) >= 11 is 3.46. The van der Waals surface area contributed by atoms with Crippen molar-refractivity contribution < 1.29 is 14.3 Å². The smallest absolute Gasteiger partial charge is 0.261 e. The number of hydrogen-bond acceptors (Lipinski definition) is 3. The number of carbonyl (C=O) groups is 2. The molecular weight excluding hydrogens is 492 g/mol. The average molecular weight is 523 g/mol. The Hall–Kier alpha value is -3.12. The highest BCUT2D eigenvalue weighted by Crippen LogP contribution is 2.19. The van der Waals surface area contributed by atoms with E-state index in [1.807, 2.05) is 87.5 Å². The van der Waals surface area contributed by atoms with Gasteiger partial charge in [0, 0.05) is 24.0 Å². The zero-order valence-corrected chi connectivity index (χ0v) is 21.5. The highest BCUT2D eigenvalue weighted by Gasteiger charge is 2.30. The van der Waals surface area contributed by atoms with Crippen molar-refractivity contribution in [1.29, 1.82) is 0 Å². The lowest BCUT2D eigenvalue weighted by molar-refractivity contribution is -0.142. The summed E-state index contributed by atoms with van der Waals surface area (Å²) in [7, 11) is 0. The molecule has 0 aliphatic rings. The molecule has 1 atom stereocenters. The first-order chi connectivity index (χ1) is 16.4. The van der Waals surface area contributed by atoms with Crippen LogP contribution in [0, 0.1) is 13.8 Å². The molecule has 0 aliphatic carbocycles. The van der Waals surface area contributed by atoms with Crippen molar-refractivity contribution in [2.45, 2.75) is 39.8 Å². The van der Waals surface area contributed by atoms with E-state index in [4.69, 9.17) is 4.74 Å². The van der Waals surface area contributed by atoms with Crippen LogP contribution >= 0.6 is 15.9 Å². The SMILES string of the molecule is CCNC(=O)[C@H](Cc1ccccc1)N(Cc1ccc(Br)cc1)C(=O)COc1cc(C)cc(C)c1. The summed E-state index contributed by atoms with van der Waals surface area (Å²) in [5.41, 5.74) is 4.06. The van der Waals surface area contributed by atoms with Gasteiger partial charge in [0.2, 0.25) is 5.91 Å². The highest BCUT2D eigenvalue weighted by atomic mass is 79.9. The molecule has 178 valence electrons. The number of carbonyl (C=O) groups excluding carboxylic acids is 2. The molecule has 6 heteroatoms. The van der Waals surface area contributed by atoms with Gasteiger partial charge in [0.1, 0.15) is 11.8 Å². The van der Waals surface area contributed by atoms with Gasteiger partial charge in [-0.1, -0.05) is 64.5 Å².